The average Bonchev–Trinajstić information content (AvgIpc) is 3.37. The van der Waals surface area contributed by atoms with Gasteiger partial charge in [-0.1, -0.05) is 30.3 Å². The summed E-state index contributed by atoms with van der Waals surface area (Å²) in [4.78, 5) is 18.4. The first-order valence-electron chi connectivity index (χ1n) is 10.2. The zero-order chi connectivity index (χ0) is 21.6. The molecule has 162 valence electrons. The molecule has 1 aromatic carbocycles. The van der Waals surface area contributed by atoms with Gasteiger partial charge in [0, 0.05) is 25.2 Å². The molecule has 0 atom stereocenters. The maximum Gasteiger partial charge on any atom is 0.264 e. The van der Waals surface area contributed by atoms with E-state index in [1.165, 1.54) is 0 Å². The van der Waals surface area contributed by atoms with Crippen LogP contribution in [0.1, 0.15) is 18.4 Å². The van der Waals surface area contributed by atoms with Gasteiger partial charge in [0.15, 0.2) is 21.2 Å². The first-order chi connectivity index (χ1) is 14.8. The number of amides is 1. The lowest BCUT2D eigenvalue weighted by Crippen LogP contribution is -2.39. The molecule has 31 heavy (non-hydrogen) atoms. The standard InChI is InChI=1S/C21H22FN5O3S/c22-21(8-9-21)19(28)24-20-23-18-3-1-2-17(27(18)25-20)16-6-4-15(5-7-16)14-26-10-12-31(29,30)13-11-26/h1-7H,8-14H2,(H,24,25,28). The maximum atomic E-state index is 13.9. The van der Waals surface area contributed by atoms with Gasteiger partial charge in [-0.3, -0.25) is 15.0 Å². The number of anilines is 1. The van der Waals surface area contributed by atoms with Crippen molar-refractivity contribution in [2.45, 2.75) is 25.1 Å². The number of alkyl halides is 1. The number of hydrogen-bond donors (Lipinski definition) is 1. The molecule has 0 unspecified atom stereocenters. The van der Waals surface area contributed by atoms with Crippen molar-refractivity contribution in [3.63, 3.8) is 0 Å². The minimum absolute atomic E-state index is 0.0815. The number of fused-ring (bicyclic) bond motifs is 1. The van der Waals surface area contributed by atoms with E-state index < -0.39 is 21.4 Å². The van der Waals surface area contributed by atoms with Crippen molar-refractivity contribution in [2.75, 3.05) is 29.9 Å². The van der Waals surface area contributed by atoms with Crippen molar-refractivity contribution in [3.05, 3.63) is 48.0 Å². The topological polar surface area (TPSA) is 96.7 Å². The summed E-state index contributed by atoms with van der Waals surface area (Å²) in [7, 11) is -2.89. The monoisotopic (exact) mass is 443 g/mol. The third-order valence-electron chi connectivity index (χ3n) is 5.77. The molecule has 0 spiro atoms. The molecule has 0 radical (unpaired) electrons. The number of hydrogen-bond acceptors (Lipinski definition) is 6. The van der Waals surface area contributed by atoms with Crippen LogP contribution in [0.25, 0.3) is 16.9 Å². The molecule has 1 amide bonds. The number of benzene rings is 1. The van der Waals surface area contributed by atoms with E-state index in [0.717, 1.165) is 16.8 Å². The number of carbonyl (C=O) groups is 1. The Kier molecular flexibility index (Phi) is 4.78. The molecule has 3 aromatic rings. The van der Waals surface area contributed by atoms with E-state index in [1.54, 1.807) is 10.6 Å². The number of sulfone groups is 1. The second-order valence-corrected chi connectivity index (χ2v) is 10.5. The van der Waals surface area contributed by atoms with Crippen LogP contribution in [-0.2, 0) is 21.2 Å². The van der Waals surface area contributed by atoms with E-state index in [1.807, 2.05) is 36.4 Å². The van der Waals surface area contributed by atoms with Gasteiger partial charge in [-0.05, 0) is 30.5 Å². The highest BCUT2D eigenvalue weighted by Gasteiger charge is 2.51. The number of carbonyl (C=O) groups excluding carboxylic acids is 1. The summed E-state index contributed by atoms with van der Waals surface area (Å²) in [5.41, 5.74) is 1.58. The minimum atomic E-state index is -2.89. The van der Waals surface area contributed by atoms with Crippen molar-refractivity contribution in [3.8, 4) is 11.3 Å². The Labute approximate surface area is 179 Å². The highest BCUT2D eigenvalue weighted by Crippen LogP contribution is 2.40. The van der Waals surface area contributed by atoms with Gasteiger partial charge in [0.05, 0.1) is 17.2 Å². The number of rotatable bonds is 5. The van der Waals surface area contributed by atoms with E-state index in [9.17, 15) is 17.6 Å². The van der Waals surface area contributed by atoms with E-state index in [0.29, 0.717) is 25.3 Å². The molecule has 2 aliphatic rings. The number of nitrogens with zero attached hydrogens (tertiary/aromatic N) is 4. The normalized spacial score (nSPS) is 19.9. The van der Waals surface area contributed by atoms with E-state index >= 15 is 0 Å². The summed E-state index contributed by atoms with van der Waals surface area (Å²) < 4.78 is 38.7. The van der Waals surface area contributed by atoms with Crippen molar-refractivity contribution >= 4 is 27.3 Å². The van der Waals surface area contributed by atoms with Gasteiger partial charge in [-0.15, -0.1) is 5.10 Å². The van der Waals surface area contributed by atoms with Crippen molar-refractivity contribution in [1.29, 1.82) is 0 Å². The molecule has 0 bridgehead atoms. The van der Waals surface area contributed by atoms with Gasteiger partial charge in [0.1, 0.15) is 0 Å². The molecule has 1 aliphatic heterocycles. The molecule has 2 fully saturated rings. The number of aromatic nitrogens is 3. The molecule has 1 aliphatic carbocycles. The predicted octanol–water partition coefficient (Wildman–Crippen LogP) is 2.07. The quantitative estimate of drug-likeness (QED) is 0.649. The second kappa shape index (κ2) is 7.38. The van der Waals surface area contributed by atoms with Crippen LogP contribution in [0.2, 0.25) is 0 Å². The number of pyridine rings is 1. The lowest BCUT2D eigenvalue weighted by Gasteiger charge is -2.26. The fourth-order valence-electron chi connectivity index (χ4n) is 3.67. The van der Waals surface area contributed by atoms with Gasteiger partial charge < -0.3 is 0 Å². The SMILES string of the molecule is O=C(Nc1nc2cccc(-c3ccc(CN4CCS(=O)(=O)CC4)cc3)n2n1)C1(F)CC1. The lowest BCUT2D eigenvalue weighted by molar-refractivity contribution is -0.122. The predicted molar refractivity (Wildman–Crippen MR) is 114 cm³/mol. The Morgan fingerprint density at radius 2 is 1.81 bits per heavy atom. The Hall–Kier alpha value is -2.85. The zero-order valence-corrected chi connectivity index (χ0v) is 17.6. The molecule has 10 heteroatoms. The molecular weight excluding hydrogens is 421 g/mol. The van der Waals surface area contributed by atoms with E-state index in [4.69, 9.17) is 0 Å². The van der Waals surface area contributed by atoms with Gasteiger partial charge in [0.2, 0.25) is 5.95 Å². The molecule has 1 saturated heterocycles. The summed E-state index contributed by atoms with van der Waals surface area (Å²) in [6, 6.07) is 13.5. The number of nitrogens with one attached hydrogen (secondary N) is 1. The van der Waals surface area contributed by atoms with Gasteiger partial charge in [-0.25, -0.2) is 17.3 Å². The zero-order valence-electron chi connectivity index (χ0n) is 16.8. The highest BCUT2D eigenvalue weighted by atomic mass is 32.2. The first kappa shape index (κ1) is 20.1. The fourth-order valence-corrected chi connectivity index (χ4v) is 4.95. The summed E-state index contributed by atoms with van der Waals surface area (Å²) in [6.45, 7) is 1.80. The Balaban J connectivity index is 1.33. The molecular formula is C21H22FN5O3S. The first-order valence-corrected chi connectivity index (χ1v) is 12.0. The van der Waals surface area contributed by atoms with Crippen LogP contribution in [0.4, 0.5) is 10.3 Å². The van der Waals surface area contributed by atoms with Crippen LogP contribution in [0.15, 0.2) is 42.5 Å². The van der Waals surface area contributed by atoms with Crippen molar-refractivity contribution < 1.29 is 17.6 Å². The van der Waals surface area contributed by atoms with Crippen LogP contribution < -0.4 is 5.32 Å². The van der Waals surface area contributed by atoms with Crippen LogP contribution in [0.5, 0.6) is 0 Å². The Bertz CT molecular complexity index is 1240. The second-order valence-electron chi connectivity index (χ2n) is 8.16. The fraction of sp³-hybridized carbons (Fsp3) is 0.381. The molecule has 1 N–H and O–H groups in total. The van der Waals surface area contributed by atoms with Gasteiger partial charge in [-0.2, -0.15) is 4.98 Å². The largest absolute Gasteiger partial charge is 0.297 e. The average molecular weight is 444 g/mol. The van der Waals surface area contributed by atoms with Gasteiger partial charge in [0.25, 0.3) is 5.91 Å². The van der Waals surface area contributed by atoms with E-state index in [2.05, 4.69) is 20.3 Å². The highest BCUT2D eigenvalue weighted by molar-refractivity contribution is 7.91. The Morgan fingerprint density at radius 3 is 2.48 bits per heavy atom. The number of halogens is 1. The molecule has 8 nitrogen and oxygen atoms in total. The van der Waals surface area contributed by atoms with Crippen molar-refractivity contribution in [1.82, 2.24) is 19.5 Å². The van der Waals surface area contributed by atoms with E-state index in [-0.39, 0.29) is 30.3 Å². The molecule has 2 aromatic heterocycles. The summed E-state index contributed by atoms with van der Waals surface area (Å²) in [6.07, 6.45) is 0.466. The van der Waals surface area contributed by atoms with Gasteiger partial charge >= 0.3 is 0 Å². The molecule has 3 heterocycles. The van der Waals surface area contributed by atoms with Crippen LogP contribution >= 0.6 is 0 Å². The third kappa shape index (κ3) is 4.17. The van der Waals surface area contributed by atoms with Crippen molar-refractivity contribution in [2.24, 2.45) is 0 Å². The van der Waals surface area contributed by atoms with Crippen LogP contribution in [0.3, 0.4) is 0 Å². The van der Waals surface area contributed by atoms with Crippen LogP contribution in [0, 0.1) is 0 Å². The van der Waals surface area contributed by atoms with Crippen LogP contribution in [-0.4, -0.2) is 64.1 Å². The summed E-state index contributed by atoms with van der Waals surface area (Å²) in [5, 5.41) is 6.81. The summed E-state index contributed by atoms with van der Waals surface area (Å²) in [5.74, 6) is -0.193. The lowest BCUT2D eigenvalue weighted by atomic mass is 10.1. The summed E-state index contributed by atoms with van der Waals surface area (Å²) >= 11 is 0. The molecule has 1 saturated carbocycles. The Morgan fingerprint density at radius 1 is 1.10 bits per heavy atom. The smallest absolute Gasteiger partial charge is 0.264 e. The molecule has 5 rings (SSSR count). The maximum absolute atomic E-state index is 13.9. The minimum Gasteiger partial charge on any atom is -0.297 e. The third-order valence-corrected chi connectivity index (χ3v) is 7.38.